The van der Waals surface area contributed by atoms with Crippen molar-refractivity contribution in [2.75, 3.05) is 13.1 Å². The van der Waals surface area contributed by atoms with E-state index in [0.717, 1.165) is 15.4 Å². The predicted molar refractivity (Wildman–Crippen MR) is 108 cm³/mol. The molecule has 3 amide bonds. The van der Waals surface area contributed by atoms with Gasteiger partial charge in [-0.15, -0.1) is 0 Å². The molecular weight excluding hydrogens is 406 g/mol. The number of fused-ring (bicyclic) bond motifs is 1. The summed E-state index contributed by atoms with van der Waals surface area (Å²) in [6.45, 7) is 0.548. The van der Waals surface area contributed by atoms with Crippen molar-refractivity contribution in [2.45, 2.75) is 31.9 Å². The number of likely N-dealkylation sites (tertiary alicyclic amines) is 1. The summed E-state index contributed by atoms with van der Waals surface area (Å²) in [4.78, 5) is 40.2. The predicted octanol–water partition coefficient (Wildman–Crippen LogP) is 3.97. The highest BCUT2D eigenvalue weighted by molar-refractivity contribution is 6.21. The van der Waals surface area contributed by atoms with E-state index >= 15 is 0 Å². The van der Waals surface area contributed by atoms with Crippen molar-refractivity contribution in [3.8, 4) is 0 Å². The number of carbonyl (C=O) groups excluding carboxylic acids is 3. The van der Waals surface area contributed by atoms with Crippen LogP contribution in [-0.4, -0.2) is 52.8 Å². The molecule has 0 saturated carbocycles. The molecular formula is C23H22F2N2O4. The lowest BCUT2D eigenvalue weighted by Crippen LogP contribution is -2.59. The van der Waals surface area contributed by atoms with Crippen LogP contribution >= 0.6 is 0 Å². The molecule has 6 nitrogen and oxygen atoms in total. The van der Waals surface area contributed by atoms with Crippen molar-refractivity contribution in [1.82, 2.24) is 9.80 Å². The molecule has 2 heterocycles. The maximum absolute atomic E-state index is 14.3. The summed E-state index contributed by atoms with van der Waals surface area (Å²) in [5, 5.41) is 0. The van der Waals surface area contributed by atoms with Gasteiger partial charge in [0, 0.05) is 6.42 Å². The number of nitrogens with zero attached hydrogens (tertiary/aromatic N) is 2. The third-order valence-corrected chi connectivity index (χ3v) is 5.77. The van der Waals surface area contributed by atoms with Crippen LogP contribution in [-0.2, 0) is 11.3 Å². The first-order valence-electron chi connectivity index (χ1n) is 10.1. The van der Waals surface area contributed by atoms with Gasteiger partial charge in [-0.25, -0.2) is 13.6 Å². The molecule has 1 saturated heterocycles. The average molecular weight is 428 g/mol. The molecule has 0 N–H and O–H groups in total. The van der Waals surface area contributed by atoms with Crippen LogP contribution < -0.4 is 0 Å². The maximum atomic E-state index is 14.3. The fourth-order valence-electron chi connectivity index (χ4n) is 4.22. The zero-order chi connectivity index (χ0) is 22.2. The zero-order valence-corrected chi connectivity index (χ0v) is 17.0. The summed E-state index contributed by atoms with van der Waals surface area (Å²) < 4.78 is 33.9. The molecule has 31 heavy (non-hydrogen) atoms. The van der Waals surface area contributed by atoms with Gasteiger partial charge >= 0.3 is 6.09 Å². The fourth-order valence-corrected chi connectivity index (χ4v) is 4.22. The van der Waals surface area contributed by atoms with Crippen molar-refractivity contribution in [1.29, 1.82) is 0 Å². The number of hydrogen-bond donors (Lipinski definition) is 0. The summed E-state index contributed by atoms with van der Waals surface area (Å²) in [6.07, 6.45) is -1.33. The number of piperidine rings is 1. The molecule has 0 radical (unpaired) electrons. The smallest absolute Gasteiger partial charge is 0.410 e. The van der Waals surface area contributed by atoms with Crippen LogP contribution in [0, 0.1) is 5.92 Å². The van der Waals surface area contributed by atoms with Gasteiger partial charge in [-0.3, -0.25) is 19.4 Å². The van der Waals surface area contributed by atoms with Crippen LogP contribution in [0.25, 0.3) is 0 Å². The molecule has 162 valence electrons. The Hall–Kier alpha value is -3.29. The van der Waals surface area contributed by atoms with Gasteiger partial charge in [-0.05, 0) is 23.6 Å². The lowest BCUT2D eigenvalue weighted by atomic mass is 9.88. The first-order chi connectivity index (χ1) is 14.8. The Balaban J connectivity index is 1.53. The second kappa shape index (κ2) is 8.09. The molecule has 0 aliphatic carbocycles. The molecule has 2 aliphatic rings. The Morgan fingerprint density at radius 1 is 1.03 bits per heavy atom. The first-order valence-corrected chi connectivity index (χ1v) is 10.1. The van der Waals surface area contributed by atoms with Crippen LogP contribution in [0.3, 0.4) is 0 Å². The Bertz CT molecular complexity index is 977. The molecule has 2 aliphatic heterocycles. The Morgan fingerprint density at radius 3 is 2.23 bits per heavy atom. The molecule has 8 heteroatoms. The van der Waals surface area contributed by atoms with Crippen molar-refractivity contribution in [3.63, 3.8) is 0 Å². The third kappa shape index (κ3) is 4.15. The number of halogens is 2. The topological polar surface area (TPSA) is 66.9 Å². The molecule has 2 atom stereocenters. The van der Waals surface area contributed by atoms with Gasteiger partial charge in [0.1, 0.15) is 6.61 Å². The van der Waals surface area contributed by atoms with E-state index in [9.17, 15) is 23.2 Å². The van der Waals surface area contributed by atoms with Crippen molar-refractivity contribution in [2.24, 2.45) is 5.92 Å². The minimum Gasteiger partial charge on any atom is -0.445 e. The standard InChI is InChI=1S/C23H22F2N2O4/c1-15-11-23(24,25)14-27(22(30)31-13-16-7-3-2-4-8-16)19(15)12-26-20(28)17-9-5-6-10-18(17)21(26)29/h2-10,15,19H,11-14H2,1H3/t15-,19-/m1/s1. The van der Waals surface area contributed by atoms with Crippen LogP contribution in [0.4, 0.5) is 13.6 Å². The average Bonchev–Trinajstić information content (AvgIpc) is 2.99. The molecule has 4 rings (SSSR count). The summed E-state index contributed by atoms with van der Waals surface area (Å²) in [5.41, 5.74) is 1.28. The van der Waals surface area contributed by atoms with Gasteiger partial charge in [0.15, 0.2) is 0 Å². The highest BCUT2D eigenvalue weighted by atomic mass is 19.3. The van der Waals surface area contributed by atoms with Crippen molar-refractivity contribution >= 4 is 17.9 Å². The number of amides is 3. The van der Waals surface area contributed by atoms with E-state index in [1.165, 1.54) is 0 Å². The SMILES string of the molecule is C[C@@H]1CC(F)(F)CN(C(=O)OCc2ccccc2)[C@@H]1CN1C(=O)c2ccccc2C1=O. The lowest BCUT2D eigenvalue weighted by molar-refractivity contribution is -0.0996. The van der Waals surface area contributed by atoms with E-state index in [4.69, 9.17) is 4.74 Å². The second-order valence-electron chi connectivity index (χ2n) is 8.04. The van der Waals surface area contributed by atoms with Gasteiger partial charge in [0.05, 0.1) is 30.3 Å². The van der Waals surface area contributed by atoms with Crippen LogP contribution in [0.2, 0.25) is 0 Å². The first kappa shape index (κ1) is 21.0. The van der Waals surface area contributed by atoms with E-state index in [1.807, 2.05) is 6.07 Å². The van der Waals surface area contributed by atoms with Crippen molar-refractivity contribution < 1.29 is 27.9 Å². The third-order valence-electron chi connectivity index (χ3n) is 5.77. The minimum absolute atomic E-state index is 0.0597. The van der Waals surface area contributed by atoms with Gasteiger partial charge in [-0.1, -0.05) is 49.4 Å². The summed E-state index contributed by atoms with van der Waals surface area (Å²) in [6, 6.07) is 14.6. The number of alkyl halides is 2. The van der Waals surface area contributed by atoms with E-state index < -0.39 is 48.8 Å². The largest absolute Gasteiger partial charge is 0.445 e. The van der Waals surface area contributed by atoms with E-state index in [1.54, 1.807) is 55.5 Å². The van der Waals surface area contributed by atoms with Crippen LogP contribution in [0.15, 0.2) is 54.6 Å². The van der Waals surface area contributed by atoms with Crippen molar-refractivity contribution in [3.05, 3.63) is 71.3 Å². The number of ether oxygens (including phenoxy) is 1. The highest BCUT2D eigenvalue weighted by Gasteiger charge is 2.49. The fraction of sp³-hybridized carbons (Fsp3) is 0.348. The van der Waals surface area contributed by atoms with E-state index in [2.05, 4.69) is 0 Å². The van der Waals surface area contributed by atoms with Gasteiger partial charge < -0.3 is 4.74 Å². The number of hydrogen-bond acceptors (Lipinski definition) is 4. The lowest BCUT2D eigenvalue weighted by Gasteiger charge is -2.43. The van der Waals surface area contributed by atoms with Gasteiger partial charge in [0.25, 0.3) is 17.7 Å². The molecule has 1 fully saturated rings. The van der Waals surface area contributed by atoms with E-state index in [0.29, 0.717) is 0 Å². The molecule has 0 unspecified atom stereocenters. The van der Waals surface area contributed by atoms with E-state index in [-0.39, 0.29) is 24.3 Å². The summed E-state index contributed by atoms with van der Waals surface area (Å²) >= 11 is 0. The van der Waals surface area contributed by atoms with Crippen LogP contribution in [0.5, 0.6) is 0 Å². The monoisotopic (exact) mass is 428 g/mol. The molecule has 2 aromatic carbocycles. The number of carbonyl (C=O) groups is 3. The Morgan fingerprint density at radius 2 is 1.61 bits per heavy atom. The normalized spacial score (nSPS) is 22.4. The molecule has 0 bridgehead atoms. The molecule has 0 aromatic heterocycles. The summed E-state index contributed by atoms with van der Waals surface area (Å²) in [5.74, 6) is -4.69. The minimum atomic E-state index is -3.08. The number of rotatable bonds is 4. The van der Waals surface area contributed by atoms with Gasteiger partial charge in [-0.2, -0.15) is 0 Å². The molecule has 2 aromatic rings. The Kier molecular flexibility index (Phi) is 5.47. The second-order valence-corrected chi connectivity index (χ2v) is 8.04. The summed E-state index contributed by atoms with van der Waals surface area (Å²) in [7, 11) is 0. The highest BCUT2D eigenvalue weighted by Crippen LogP contribution is 2.36. The number of imide groups is 1. The zero-order valence-electron chi connectivity index (χ0n) is 17.0. The molecule has 0 spiro atoms. The maximum Gasteiger partial charge on any atom is 0.410 e. The van der Waals surface area contributed by atoms with Crippen LogP contribution in [0.1, 0.15) is 39.6 Å². The Labute approximate surface area is 178 Å². The quantitative estimate of drug-likeness (QED) is 0.692. The van der Waals surface area contributed by atoms with Gasteiger partial charge in [0.2, 0.25) is 0 Å². The number of benzene rings is 2.